The zero-order chi connectivity index (χ0) is 14.4. The summed E-state index contributed by atoms with van der Waals surface area (Å²) in [6.07, 6.45) is 2.21. The molecule has 0 radical (unpaired) electrons. The molecule has 4 nitrogen and oxygen atoms in total. The number of thioether (sulfide) groups is 1. The number of rotatable bonds is 5. The molecule has 108 valence electrons. The van der Waals surface area contributed by atoms with E-state index in [0.717, 1.165) is 30.8 Å². The lowest BCUT2D eigenvalue weighted by Gasteiger charge is -2.15. The van der Waals surface area contributed by atoms with Crippen molar-refractivity contribution >= 4 is 23.6 Å². The summed E-state index contributed by atoms with van der Waals surface area (Å²) in [6.45, 7) is 4.24. The van der Waals surface area contributed by atoms with Crippen molar-refractivity contribution in [2.75, 3.05) is 25.4 Å². The Hall–Kier alpha value is -1.49. The number of amides is 2. The van der Waals surface area contributed by atoms with Gasteiger partial charge in [0.1, 0.15) is 0 Å². The third-order valence-corrected chi connectivity index (χ3v) is 4.34. The molecule has 20 heavy (non-hydrogen) atoms. The Morgan fingerprint density at radius 2 is 1.95 bits per heavy atom. The van der Waals surface area contributed by atoms with Crippen LogP contribution in [0.3, 0.4) is 0 Å². The topological polar surface area (TPSA) is 49.4 Å². The molecule has 5 heteroatoms. The lowest BCUT2D eigenvalue weighted by atomic mass is 10.2. The molecule has 0 unspecified atom stereocenters. The van der Waals surface area contributed by atoms with Gasteiger partial charge in [0, 0.05) is 24.5 Å². The molecule has 0 saturated carbocycles. The molecule has 1 aliphatic rings. The van der Waals surface area contributed by atoms with E-state index >= 15 is 0 Å². The van der Waals surface area contributed by atoms with E-state index in [1.807, 2.05) is 30.0 Å². The highest BCUT2D eigenvalue weighted by molar-refractivity contribution is 8.00. The highest BCUT2D eigenvalue weighted by Gasteiger charge is 2.19. The summed E-state index contributed by atoms with van der Waals surface area (Å²) in [4.78, 5) is 26.7. The third kappa shape index (κ3) is 3.76. The maximum Gasteiger partial charge on any atom is 0.252 e. The Bertz CT molecular complexity index is 485. The van der Waals surface area contributed by atoms with E-state index in [1.165, 1.54) is 11.8 Å². The minimum absolute atomic E-state index is 0.0794. The molecular weight excluding hydrogens is 272 g/mol. The summed E-state index contributed by atoms with van der Waals surface area (Å²) in [5, 5.41) is 2.80. The van der Waals surface area contributed by atoms with E-state index < -0.39 is 0 Å². The number of hydrogen-bond acceptors (Lipinski definition) is 3. The van der Waals surface area contributed by atoms with Gasteiger partial charge in [0.15, 0.2) is 0 Å². The highest BCUT2D eigenvalue weighted by atomic mass is 32.2. The van der Waals surface area contributed by atoms with Crippen LogP contribution in [0.5, 0.6) is 0 Å². The van der Waals surface area contributed by atoms with Crippen LogP contribution in [0.25, 0.3) is 0 Å². The normalized spacial score (nSPS) is 14.3. The fraction of sp³-hybridized carbons (Fsp3) is 0.467. The van der Waals surface area contributed by atoms with Gasteiger partial charge in [0.2, 0.25) is 5.91 Å². The van der Waals surface area contributed by atoms with Crippen molar-refractivity contribution in [2.24, 2.45) is 0 Å². The van der Waals surface area contributed by atoms with Crippen LogP contribution in [-0.2, 0) is 4.79 Å². The van der Waals surface area contributed by atoms with Crippen LogP contribution in [0.2, 0.25) is 0 Å². The van der Waals surface area contributed by atoms with Crippen molar-refractivity contribution in [2.45, 2.75) is 24.7 Å². The van der Waals surface area contributed by atoms with Crippen molar-refractivity contribution in [1.29, 1.82) is 0 Å². The standard InChI is InChI=1S/C15H20N2O2S/c1-2-16-15(19)12-7-3-4-8-13(12)20-11-14(18)17-9-5-6-10-17/h3-4,7-8H,2,5-6,9-11H2,1H3,(H,16,19). The minimum atomic E-state index is -0.0794. The quantitative estimate of drug-likeness (QED) is 0.846. The maximum atomic E-state index is 12.0. The molecule has 0 aliphatic carbocycles. The SMILES string of the molecule is CCNC(=O)c1ccccc1SCC(=O)N1CCCC1. The van der Waals surface area contributed by atoms with Gasteiger partial charge in [-0.1, -0.05) is 12.1 Å². The van der Waals surface area contributed by atoms with E-state index in [9.17, 15) is 9.59 Å². The molecule has 1 fully saturated rings. The molecule has 1 saturated heterocycles. The Labute approximate surface area is 123 Å². The van der Waals surface area contributed by atoms with Gasteiger partial charge in [-0.25, -0.2) is 0 Å². The Morgan fingerprint density at radius 3 is 2.65 bits per heavy atom. The number of nitrogens with one attached hydrogen (secondary N) is 1. The summed E-state index contributed by atoms with van der Waals surface area (Å²) in [6, 6.07) is 7.43. The molecule has 1 heterocycles. The molecule has 1 aromatic carbocycles. The second kappa shape index (κ2) is 7.33. The van der Waals surface area contributed by atoms with Crippen molar-refractivity contribution < 1.29 is 9.59 Å². The Balaban J connectivity index is 1.98. The molecule has 2 rings (SSSR count). The molecule has 2 amide bonds. The zero-order valence-electron chi connectivity index (χ0n) is 11.7. The first-order valence-electron chi connectivity index (χ1n) is 7.00. The second-order valence-corrected chi connectivity index (χ2v) is 5.75. The minimum Gasteiger partial charge on any atom is -0.352 e. The third-order valence-electron chi connectivity index (χ3n) is 3.28. The van der Waals surface area contributed by atoms with Gasteiger partial charge in [0.05, 0.1) is 11.3 Å². The van der Waals surface area contributed by atoms with Crippen LogP contribution in [0.4, 0.5) is 0 Å². The molecule has 0 atom stereocenters. The van der Waals surface area contributed by atoms with Crippen LogP contribution >= 0.6 is 11.8 Å². The Kier molecular flexibility index (Phi) is 5.47. The van der Waals surface area contributed by atoms with Gasteiger partial charge in [-0.3, -0.25) is 9.59 Å². The first-order valence-corrected chi connectivity index (χ1v) is 7.98. The van der Waals surface area contributed by atoms with Crippen LogP contribution in [0.15, 0.2) is 29.2 Å². The number of benzene rings is 1. The monoisotopic (exact) mass is 292 g/mol. The zero-order valence-corrected chi connectivity index (χ0v) is 12.5. The summed E-state index contributed by atoms with van der Waals surface area (Å²) >= 11 is 1.44. The maximum absolute atomic E-state index is 12.0. The molecule has 1 N–H and O–H groups in total. The van der Waals surface area contributed by atoms with Gasteiger partial charge in [-0.05, 0) is 31.9 Å². The van der Waals surface area contributed by atoms with E-state index in [2.05, 4.69) is 5.32 Å². The number of nitrogens with zero attached hydrogens (tertiary/aromatic N) is 1. The summed E-state index contributed by atoms with van der Waals surface area (Å²) < 4.78 is 0. The van der Waals surface area contributed by atoms with E-state index in [4.69, 9.17) is 0 Å². The fourth-order valence-electron chi connectivity index (χ4n) is 2.23. The van der Waals surface area contributed by atoms with Crippen molar-refractivity contribution in [1.82, 2.24) is 10.2 Å². The van der Waals surface area contributed by atoms with Crippen molar-refractivity contribution in [3.63, 3.8) is 0 Å². The summed E-state index contributed by atoms with van der Waals surface area (Å²) in [5.41, 5.74) is 0.647. The first-order chi connectivity index (χ1) is 9.72. The molecule has 0 spiro atoms. The molecule has 0 bridgehead atoms. The number of carbonyl (C=O) groups is 2. The molecular formula is C15H20N2O2S. The summed E-state index contributed by atoms with van der Waals surface area (Å²) in [5.74, 6) is 0.485. The average Bonchev–Trinajstić information content (AvgIpc) is 2.99. The first kappa shape index (κ1) is 14.9. The highest BCUT2D eigenvalue weighted by Crippen LogP contribution is 2.23. The predicted octanol–water partition coefficient (Wildman–Crippen LogP) is 2.15. The molecule has 1 aromatic rings. The van der Waals surface area contributed by atoms with Crippen LogP contribution in [-0.4, -0.2) is 42.1 Å². The lowest BCUT2D eigenvalue weighted by Crippen LogP contribution is -2.29. The number of carbonyl (C=O) groups excluding carboxylic acids is 2. The van der Waals surface area contributed by atoms with Gasteiger partial charge >= 0.3 is 0 Å². The van der Waals surface area contributed by atoms with E-state index in [0.29, 0.717) is 17.9 Å². The Morgan fingerprint density at radius 1 is 1.25 bits per heavy atom. The number of likely N-dealkylation sites (tertiary alicyclic amines) is 1. The molecule has 0 aromatic heterocycles. The van der Waals surface area contributed by atoms with E-state index in [1.54, 1.807) is 6.07 Å². The average molecular weight is 292 g/mol. The largest absolute Gasteiger partial charge is 0.352 e. The predicted molar refractivity (Wildman–Crippen MR) is 81.0 cm³/mol. The van der Waals surface area contributed by atoms with E-state index in [-0.39, 0.29) is 11.8 Å². The smallest absolute Gasteiger partial charge is 0.252 e. The fourth-order valence-corrected chi connectivity index (χ4v) is 3.19. The van der Waals surface area contributed by atoms with Crippen molar-refractivity contribution in [3.8, 4) is 0 Å². The van der Waals surface area contributed by atoms with Gasteiger partial charge in [-0.15, -0.1) is 11.8 Å². The lowest BCUT2D eigenvalue weighted by molar-refractivity contribution is -0.127. The van der Waals surface area contributed by atoms with Crippen LogP contribution < -0.4 is 5.32 Å². The second-order valence-electron chi connectivity index (χ2n) is 4.73. The van der Waals surface area contributed by atoms with Gasteiger partial charge in [0.25, 0.3) is 5.91 Å². The summed E-state index contributed by atoms with van der Waals surface area (Å²) in [7, 11) is 0. The van der Waals surface area contributed by atoms with Crippen LogP contribution in [0.1, 0.15) is 30.1 Å². The molecule has 1 aliphatic heterocycles. The van der Waals surface area contributed by atoms with Crippen molar-refractivity contribution in [3.05, 3.63) is 29.8 Å². The number of hydrogen-bond donors (Lipinski definition) is 1. The van der Waals surface area contributed by atoms with Gasteiger partial charge in [-0.2, -0.15) is 0 Å². The van der Waals surface area contributed by atoms with Crippen LogP contribution in [0, 0.1) is 0 Å². The van der Waals surface area contributed by atoms with Gasteiger partial charge < -0.3 is 10.2 Å².